The molecule has 94 valence electrons. The van der Waals surface area contributed by atoms with Gasteiger partial charge in [-0.1, -0.05) is 0 Å². The van der Waals surface area contributed by atoms with Gasteiger partial charge in [0.05, 0.1) is 18.8 Å². The molecule has 1 rings (SSSR count). The Labute approximate surface area is 95.4 Å². The molecule has 1 aliphatic rings. The minimum atomic E-state index is -1.30. The van der Waals surface area contributed by atoms with Crippen molar-refractivity contribution >= 4 is 5.97 Å². The van der Waals surface area contributed by atoms with Crippen molar-refractivity contribution in [2.75, 3.05) is 13.7 Å². The van der Waals surface area contributed by atoms with E-state index in [4.69, 9.17) is 9.47 Å². The SMILES string of the molecule is COCC(OC(C)C(C)O)(C(=O)O)C1CC1. The summed E-state index contributed by atoms with van der Waals surface area (Å²) in [5, 5.41) is 18.7. The first kappa shape index (κ1) is 13.4. The van der Waals surface area contributed by atoms with Crippen LogP contribution in [0.3, 0.4) is 0 Å². The van der Waals surface area contributed by atoms with E-state index < -0.39 is 23.8 Å². The van der Waals surface area contributed by atoms with Gasteiger partial charge >= 0.3 is 5.97 Å². The summed E-state index contributed by atoms with van der Waals surface area (Å²) in [6.45, 7) is 3.27. The Morgan fingerprint density at radius 2 is 2.06 bits per heavy atom. The van der Waals surface area contributed by atoms with Gasteiger partial charge in [-0.3, -0.25) is 0 Å². The Bertz CT molecular complexity index is 249. The standard InChI is InChI=1S/C11H20O5/c1-7(12)8(2)16-11(6-15-3,10(13)14)9-4-5-9/h7-9,12H,4-6H2,1-3H3,(H,13,14). The van der Waals surface area contributed by atoms with E-state index in [0.717, 1.165) is 12.8 Å². The molecule has 0 spiro atoms. The lowest BCUT2D eigenvalue weighted by Crippen LogP contribution is -2.51. The number of carbonyl (C=O) groups is 1. The second-order valence-corrected chi connectivity index (χ2v) is 4.47. The molecule has 2 N–H and O–H groups in total. The van der Waals surface area contributed by atoms with Crippen LogP contribution in [0.15, 0.2) is 0 Å². The Kier molecular flexibility index (Phi) is 4.29. The zero-order valence-corrected chi connectivity index (χ0v) is 9.97. The zero-order valence-electron chi connectivity index (χ0n) is 9.97. The predicted molar refractivity (Wildman–Crippen MR) is 57.2 cm³/mol. The van der Waals surface area contributed by atoms with Crippen molar-refractivity contribution in [1.82, 2.24) is 0 Å². The summed E-state index contributed by atoms with van der Waals surface area (Å²) < 4.78 is 10.5. The molecule has 0 radical (unpaired) electrons. The summed E-state index contributed by atoms with van der Waals surface area (Å²) in [7, 11) is 1.45. The predicted octanol–water partition coefficient (Wildman–Crippen LogP) is 0.652. The summed E-state index contributed by atoms with van der Waals surface area (Å²) >= 11 is 0. The van der Waals surface area contributed by atoms with Gasteiger partial charge in [0.1, 0.15) is 0 Å². The van der Waals surface area contributed by atoms with Crippen molar-refractivity contribution in [1.29, 1.82) is 0 Å². The van der Waals surface area contributed by atoms with E-state index in [1.807, 2.05) is 0 Å². The third kappa shape index (κ3) is 2.72. The van der Waals surface area contributed by atoms with Crippen LogP contribution in [0.5, 0.6) is 0 Å². The third-order valence-corrected chi connectivity index (χ3v) is 3.03. The second-order valence-electron chi connectivity index (χ2n) is 4.47. The van der Waals surface area contributed by atoms with E-state index >= 15 is 0 Å². The molecular formula is C11H20O5. The highest BCUT2D eigenvalue weighted by Crippen LogP contribution is 2.43. The molecule has 3 unspecified atom stereocenters. The average molecular weight is 232 g/mol. The van der Waals surface area contributed by atoms with Crippen LogP contribution in [0.25, 0.3) is 0 Å². The summed E-state index contributed by atoms with van der Waals surface area (Å²) in [6.07, 6.45) is 0.450. The van der Waals surface area contributed by atoms with Crippen molar-refractivity contribution in [2.24, 2.45) is 5.92 Å². The van der Waals surface area contributed by atoms with Crippen LogP contribution in [-0.4, -0.2) is 47.7 Å². The lowest BCUT2D eigenvalue weighted by molar-refractivity contribution is -0.195. The number of aliphatic carboxylic acids is 1. The number of rotatable bonds is 7. The van der Waals surface area contributed by atoms with Gasteiger partial charge in [-0.25, -0.2) is 4.79 Å². The molecule has 0 amide bonds. The van der Waals surface area contributed by atoms with Gasteiger partial charge in [0, 0.05) is 13.0 Å². The van der Waals surface area contributed by atoms with Crippen molar-refractivity contribution < 1.29 is 24.5 Å². The van der Waals surface area contributed by atoms with E-state index in [0.29, 0.717) is 0 Å². The number of hydrogen-bond donors (Lipinski definition) is 2. The van der Waals surface area contributed by atoms with Gasteiger partial charge in [0.25, 0.3) is 0 Å². The molecule has 5 nitrogen and oxygen atoms in total. The summed E-state index contributed by atoms with van der Waals surface area (Å²) in [6, 6.07) is 0. The smallest absolute Gasteiger partial charge is 0.338 e. The normalized spacial score (nSPS) is 23.5. The maximum atomic E-state index is 11.4. The highest BCUT2D eigenvalue weighted by atomic mass is 16.6. The molecule has 1 saturated carbocycles. The van der Waals surface area contributed by atoms with Crippen LogP contribution < -0.4 is 0 Å². The number of aliphatic hydroxyl groups is 1. The quantitative estimate of drug-likeness (QED) is 0.674. The molecule has 0 saturated heterocycles. The van der Waals surface area contributed by atoms with Crippen LogP contribution in [0, 0.1) is 5.92 Å². The lowest BCUT2D eigenvalue weighted by atomic mass is 9.98. The van der Waals surface area contributed by atoms with Gasteiger partial charge in [-0.2, -0.15) is 0 Å². The molecule has 0 heterocycles. The molecule has 0 aromatic heterocycles. The van der Waals surface area contributed by atoms with Gasteiger partial charge in [-0.15, -0.1) is 0 Å². The van der Waals surface area contributed by atoms with E-state index in [1.54, 1.807) is 13.8 Å². The fourth-order valence-electron chi connectivity index (χ4n) is 1.73. The molecule has 1 aliphatic carbocycles. The van der Waals surface area contributed by atoms with Crippen molar-refractivity contribution in [3.63, 3.8) is 0 Å². The highest BCUT2D eigenvalue weighted by Gasteiger charge is 2.53. The van der Waals surface area contributed by atoms with Crippen LogP contribution in [0.1, 0.15) is 26.7 Å². The fourth-order valence-corrected chi connectivity index (χ4v) is 1.73. The summed E-state index contributed by atoms with van der Waals surface area (Å²) in [4.78, 5) is 11.4. The lowest BCUT2D eigenvalue weighted by Gasteiger charge is -2.33. The number of carboxylic acids is 1. The Morgan fingerprint density at radius 1 is 1.50 bits per heavy atom. The molecule has 16 heavy (non-hydrogen) atoms. The van der Waals surface area contributed by atoms with Gasteiger partial charge in [-0.05, 0) is 26.7 Å². The summed E-state index contributed by atoms with van der Waals surface area (Å²) in [5.74, 6) is -1.02. The molecule has 0 bridgehead atoms. The summed E-state index contributed by atoms with van der Waals surface area (Å²) in [5.41, 5.74) is -1.30. The van der Waals surface area contributed by atoms with Crippen LogP contribution in [0.2, 0.25) is 0 Å². The molecule has 0 aromatic carbocycles. The van der Waals surface area contributed by atoms with E-state index in [9.17, 15) is 15.0 Å². The molecule has 3 atom stereocenters. The molecule has 1 fully saturated rings. The number of methoxy groups -OCH3 is 1. The van der Waals surface area contributed by atoms with Gasteiger partial charge in [0.2, 0.25) is 0 Å². The van der Waals surface area contributed by atoms with Crippen molar-refractivity contribution in [2.45, 2.75) is 44.5 Å². The van der Waals surface area contributed by atoms with Gasteiger partial charge < -0.3 is 19.7 Å². The number of aliphatic hydroxyl groups excluding tert-OH is 1. The molecule has 5 heteroatoms. The maximum Gasteiger partial charge on any atom is 0.338 e. The third-order valence-electron chi connectivity index (χ3n) is 3.03. The first-order valence-corrected chi connectivity index (χ1v) is 5.52. The Balaban J connectivity index is 2.79. The van der Waals surface area contributed by atoms with Gasteiger partial charge in [0.15, 0.2) is 5.60 Å². The maximum absolute atomic E-state index is 11.4. The van der Waals surface area contributed by atoms with Crippen molar-refractivity contribution in [3.05, 3.63) is 0 Å². The van der Waals surface area contributed by atoms with E-state index in [2.05, 4.69) is 0 Å². The minimum Gasteiger partial charge on any atom is -0.479 e. The first-order valence-electron chi connectivity index (χ1n) is 5.52. The Morgan fingerprint density at radius 3 is 2.38 bits per heavy atom. The van der Waals surface area contributed by atoms with Crippen LogP contribution in [-0.2, 0) is 14.3 Å². The molecular weight excluding hydrogens is 212 g/mol. The monoisotopic (exact) mass is 232 g/mol. The zero-order chi connectivity index (χ0) is 12.3. The van der Waals surface area contributed by atoms with Crippen LogP contribution in [0.4, 0.5) is 0 Å². The first-order chi connectivity index (χ1) is 7.44. The number of carboxylic acid groups (broad SMARTS) is 1. The molecule has 0 aromatic rings. The number of hydrogen-bond acceptors (Lipinski definition) is 4. The fraction of sp³-hybridized carbons (Fsp3) is 0.909. The van der Waals surface area contributed by atoms with Crippen LogP contribution >= 0.6 is 0 Å². The van der Waals surface area contributed by atoms with E-state index in [-0.39, 0.29) is 12.5 Å². The minimum absolute atomic E-state index is 0.00819. The topological polar surface area (TPSA) is 76.0 Å². The number of ether oxygens (including phenoxy) is 2. The average Bonchev–Trinajstić information content (AvgIpc) is 2.99. The largest absolute Gasteiger partial charge is 0.479 e. The molecule has 0 aliphatic heterocycles. The van der Waals surface area contributed by atoms with Crippen molar-refractivity contribution in [3.8, 4) is 0 Å². The second kappa shape index (κ2) is 5.12. The highest BCUT2D eigenvalue weighted by molar-refractivity contribution is 5.78. The Hall–Kier alpha value is -0.650. The van der Waals surface area contributed by atoms with E-state index in [1.165, 1.54) is 7.11 Å².